The van der Waals surface area contributed by atoms with E-state index in [0.29, 0.717) is 56.3 Å². The number of carbonyl (C=O) groups is 4. The highest BCUT2D eigenvalue weighted by atomic mass is 16.5. The van der Waals surface area contributed by atoms with Crippen LogP contribution in [0, 0.1) is 37.5 Å². The first-order chi connectivity index (χ1) is 51.9. The molecule has 0 bridgehead atoms. The van der Waals surface area contributed by atoms with Crippen LogP contribution in [-0.4, -0.2) is 135 Å². The summed E-state index contributed by atoms with van der Waals surface area (Å²) in [5.41, 5.74) is 33.0. The quantitative estimate of drug-likeness (QED) is 0.0197. The van der Waals surface area contributed by atoms with Crippen LogP contribution in [-0.2, 0) is 63.9 Å². The number of ether oxygens (including phenoxy) is 5. The van der Waals surface area contributed by atoms with E-state index in [0.717, 1.165) is 55.4 Å². The van der Waals surface area contributed by atoms with Gasteiger partial charge in [0.25, 0.3) is 23.6 Å². The number of para-hydroxylation sites is 1. The van der Waals surface area contributed by atoms with Gasteiger partial charge in [0.1, 0.15) is 5.75 Å². The van der Waals surface area contributed by atoms with Gasteiger partial charge in [-0.25, -0.2) is 0 Å². The lowest BCUT2D eigenvalue weighted by Gasteiger charge is -2.32. The average molecular weight is 1490 g/mol. The van der Waals surface area contributed by atoms with Crippen molar-refractivity contribution in [3.63, 3.8) is 0 Å². The number of carbonyl (C=O) groups excluding carboxylic acids is 4. The summed E-state index contributed by atoms with van der Waals surface area (Å²) in [6, 6.07) is 38.2. The fraction of sp³-hybridized carbons (Fsp3) is 0.648. The Kier molecular flexibility index (Phi) is 41.8. The van der Waals surface area contributed by atoms with Gasteiger partial charge in [-0.3, -0.25) is 19.2 Å². The van der Waals surface area contributed by atoms with Crippen molar-refractivity contribution < 1.29 is 42.9 Å². The maximum atomic E-state index is 13.3. The average Bonchev–Trinajstić information content (AvgIpc) is 0.816. The normalized spacial score (nSPS) is 17.7. The second-order valence-corrected chi connectivity index (χ2v) is 32.8. The summed E-state index contributed by atoms with van der Waals surface area (Å²) in [5.74, 6) is 3.08. The molecule has 4 unspecified atom stereocenters. The van der Waals surface area contributed by atoms with Gasteiger partial charge in [-0.2, -0.15) is 0 Å². The number of hydrogen-bond acceptors (Lipinski definition) is 13. The van der Waals surface area contributed by atoms with Crippen molar-refractivity contribution in [2.45, 2.75) is 322 Å². The third-order valence-electron chi connectivity index (χ3n) is 21.8. The molecule has 602 valence electrons. The van der Waals surface area contributed by atoms with Crippen molar-refractivity contribution >= 4 is 34.4 Å². The van der Waals surface area contributed by atoms with Crippen LogP contribution in [0.1, 0.15) is 243 Å². The summed E-state index contributed by atoms with van der Waals surface area (Å²) >= 11 is 0. The number of amides is 4. The second kappa shape index (κ2) is 49.9. The maximum absolute atomic E-state index is 13.3. The third-order valence-corrected chi connectivity index (χ3v) is 21.8. The van der Waals surface area contributed by atoms with E-state index in [-0.39, 0.29) is 72.2 Å². The zero-order chi connectivity index (χ0) is 78.3. The number of fused-ring (bicyclic) bond motifs is 1. The molecule has 0 spiro atoms. The lowest BCUT2D eigenvalue weighted by Crippen LogP contribution is -2.50. The Morgan fingerprint density at radius 2 is 0.713 bits per heavy atom. The van der Waals surface area contributed by atoms with Crippen LogP contribution < -0.4 is 43.6 Å². The standard InChI is InChI=1S/C25H36N2O2.C22H36N2O3.2C22H36N2O2/c1-18(2)29-24(23(26)16-19-10-5-4-6-11-19)25(28)27(3)17-21-14-9-13-20-12-7-8-15-22(20)21;1-16(2)27-21(19(23)15-17-9-5-4-6-10-17)22(25)24-14-13-18-11-7-8-12-20(18)26-3;2*1-16(2)26-21(20(23)15-19-7-5-4-6-8-19)22(25)24-14-13-18-11-9-17(3)10-12-18/h7-9,12-15,18-19,23-24H,4-6,10-11,16-17,26H2,1-3H3;7-8,11-12,16-17,19,21H,4-6,9-10,13-15,23H2,1-3H3,(H,24,25);2*9-12,16,19-21H,4-8,13-15,23H2,1-3H3,(H,24,25)/t23-,24?;19-,21?;2*20-,21?/m1111/s1. The molecule has 0 saturated heterocycles. The number of methoxy groups -OCH3 is 1. The molecule has 4 saturated carbocycles. The summed E-state index contributed by atoms with van der Waals surface area (Å²) in [4.78, 5) is 53.2. The van der Waals surface area contributed by atoms with Crippen molar-refractivity contribution in [3.8, 4) is 5.75 Å². The van der Waals surface area contributed by atoms with E-state index in [1.54, 1.807) is 12.0 Å². The molecule has 108 heavy (non-hydrogen) atoms. The molecule has 4 amide bonds. The number of benzene rings is 5. The van der Waals surface area contributed by atoms with Gasteiger partial charge in [0, 0.05) is 57.4 Å². The van der Waals surface area contributed by atoms with E-state index in [4.69, 9.17) is 46.6 Å². The van der Waals surface area contributed by atoms with E-state index in [1.807, 2.05) is 105 Å². The van der Waals surface area contributed by atoms with E-state index >= 15 is 0 Å². The van der Waals surface area contributed by atoms with Crippen molar-refractivity contribution in [1.82, 2.24) is 20.9 Å². The van der Waals surface area contributed by atoms with E-state index < -0.39 is 24.4 Å². The van der Waals surface area contributed by atoms with Crippen LogP contribution in [0.25, 0.3) is 10.8 Å². The predicted octanol–water partition coefficient (Wildman–Crippen LogP) is 15.8. The summed E-state index contributed by atoms with van der Waals surface area (Å²) in [7, 11) is 3.52. The molecule has 9 rings (SSSR count). The van der Waals surface area contributed by atoms with Crippen LogP contribution in [0.2, 0.25) is 0 Å². The Hall–Kier alpha value is -6.28. The number of likely N-dealkylation sites (N-methyl/N-ethyl adjacent to an activating group) is 1. The maximum Gasteiger partial charge on any atom is 0.253 e. The number of hydrogen-bond donors (Lipinski definition) is 7. The Morgan fingerprint density at radius 3 is 1.08 bits per heavy atom. The molecule has 4 aliphatic rings. The topological polar surface area (TPSA) is 258 Å². The molecule has 5 aromatic rings. The second-order valence-electron chi connectivity index (χ2n) is 32.8. The monoisotopic (exact) mass is 1490 g/mol. The number of nitrogens with one attached hydrogen (secondary N) is 3. The summed E-state index contributed by atoms with van der Waals surface area (Å²) < 4.78 is 29.1. The predicted molar refractivity (Wildman–Crippen MR) is 443 cm³/mol. The fourth-order valence-corrected chi connectivity index (χ4v) is 16.0. The van der Waals surface area contributed by atoms with Crippen molar-refractivity contribution in [3.05, 3.63) is 149 Å². The first kappa shape index (κ1) is 90.6. The van der Waals surface area contributed by atoms with E-state index in [9.17, 15) is 19.2 Å². The van der Waals surface area contributed by atoms with Crippen LogP contribution in [0.5, 0.6) is 5.75 Å². The molecule has 8 atom stereocenters. The highest BCUT2D eigenvalue weighted by molar-refractivity contribution is 5.87. The van der Waals surface area contributed by atoms with Gasteiger partial charge in [-0.15, -0.1) is 0 Å². The molecular weight excluding hydrogens is 1350 g/mol. The van der Waals surface area contributed by atoms with Gasteiger partial charge in [0.2, 0.25) is 0 Å². The smallest absolute Gasteiger partial charge is 0.253 e. The highest BCUT2D eigenvalue weighted by Crippen LogP contribution is 2.33. The fourth-order valence-electron chi connectivity index (χ4n) is 16.0. The lowest BCUT2D eigenvalue weighted by atomic mass is 9.83. The van der Waals surface area contributed by atoms with Gasteiger partial charge in [-0.1, -0.05) is 249 Å². The molecule has 0 heterocycles. The van der Waals surface area contributed by atoms with Crippen LogP contribution in [0.3, 0.4) is 0 Å². The number of aryl methyl sites for hydroxylation is 2. The molecule has 11 N–H and O–H groups in total. The Bertz CT molecular complexity index is 3200. The summed E-state index contributed by atoms with van der Waals surface area (Å²) in [6.07, 6.45) is 28.8. The third kappa shape index (κ3) is 33.7. The van der Waals surface area contributed by atoms with Gasteiger partial charge >= 0.3 is 0 Å². The SMILES string of the molecule is CC(C)OC(C(=O)N(C)Cc1cccc2ccccc12)[C@H](N)CC1CCCCC1.COc1ccccc1CCNC(=O)C(OC(C)C)[C@H](N)CC1CCCCC1.Cc1ccc(CCNC(=O)C(OC(C)C)[C@H](N)CC2CCCCC2)cc1.Cc1ccc(CCNC(=O)C(OC(C)C)[C@H](N)CC2CCCCC2)cc1. The Balaban J connectivity index is 0.000000225. The molecule has 0 aliphatic heterocycles. The first-order valence-corrected chi connectivity index (χ1v) is 41.8. The van der Waals surface area contributed by atoms with Crippen LogP contribution in [0.15, 0.2) is 115 Å². The molecule has 5 aromatic carbocycles. The molecule has 4 aliphatic carbocycles. The van der Waals surface area contributed by atoms with Crippen molar-refractivity contribution in [1.29, 1.82) is 0 Å². The first-order valence-electron chi connectivity index (χ1n) is 41.8. The largest absolute Gasteiger partial charge is 0.496 e. The van der Waals surface area contributed by atoms with Crippen LogP contribution >= 0.6 is 0 Å². The van der Waals surface area contributed by atoms with Crippen molar-refractivity contribution in [2.24, 2.45) is 46.6 Å². The Morgan fingerprint density at radius 1 is 0.398 bits per heavy atom. The molecule has 0 radical (unpaired) electrons. The number of nitrogens with zero attached hydrogens (tertiary/aromatic N) is 1. The van der Waals surface area contributed by atoms with Gasteiger partial charge in [-0.05, 0) is 177 Å². The van der Waals surface area contributed by atoms with Gasteiger partial charge in [0.15, 0.2) is 24.4 Å². The zero-order valence-electron chi connectivity index (χ0n) is 68.6. The van der Waals surface area contributed by atoms with E-state index in [2.05, 4.69) is 103 Å². The molecule has 4 fully saturated rings. The highest BCUT2D eigenvalue weighted by Gasteiger charge is 2.35. The minimum Gasteiger partial charge on any atom is -0.496 e. The summed E-state index contributed by atoms with van der Waals surface area (Å²) in [5, 5.41) is 11.4. The lowest BCUT2D eigenvalue weighted by molar-refractivity contribution is -0.148. The summed E-state index contributed by atoms with van der Waals surface area (Å²) in [6.45, 7) is 22.1. The van der Waals surface area contributed by atoms with Crippen LogP contribution in [0.4, 0.5) is 0 Å². The molecule has 17 heteroatoms. The minimum atomic E-state index is -0.593. The van der Waals surface area contributed by atoms with Gasteiger partial charge < -0.3 is 67.5 Å². The van der Waals surface area contributed by atoms with E-state index in [1.165, 1.54) is 161 Å². The Labute approximate surface area is 651 Å². The molecule has 17 nitrogen and oxygen atoms in total. The minimum absolute atomic E-state index is 0.0137. The molecule has 0 aromatic heterocycles. The number of rotatable bonds is 36. The number of nitrogens with two attached hydrogens (primary N) is 4. The van der Waals surface area contributed by atoms with Crippen molar-refractivity contribution in [2.75, 3.05) is 33.8 Å². The zero-order valence-corrected chi connectivity index (χ0v) is 68.6. The molecular formula is C91H144N8O9. The van der Waals surface area contributed by atoms with Gasteiger partial charge in [0.05, 0.1) is 31.5 Å².